The molecule has 0 radical (unpaired) electrons. The third kappa shape index (κ3) is 2.64. The third-order valence-corrected chi connectivity index (χ3v) is 5.11. The molecule has 1 N–H and O–H groups in total. The Morgan fingerprint density at radius 2 is 2.12 bits per heavy atom. The van der Waals surface area contributed by atoms with E-state index in [1.54, 1.807) is 12.1 Å². The van der Waals surface area contributed by atoms with Crippen molar-refractivity contribution in [2.45, 2.75) is 32.6 Å². The van der Waals surface area contributed by atoms with Gasteiger partial charge in [0.05, 0.1) is 23.8 Å². The highest BCUT2D eigenvalue weighted by molar-refractivity contribution is 6.09. The molecule has 0 aliphatic carbocycles. The first kappa shape index (κ1) is 16.6. The standard InChI is InChI=1S/C21H22N2O3/c1-3-26-18-9-5-4-8-16(18)20(24)22-15-11-14-7-6-10-23-19(14)17(12-15)13(2)21(23)25/h4-5,8-9,11-13H,3,6-7,10H2,1-2H3,(H,22,24)/t13-/m1/s1. The van der Waals surface area contributed by atoms with Gasteiger partial charge in [-0.2, -0.15) is 0 Å². The summed E-state index contributed by atoms with van der Waals surface area (Å²) in [6.45, 7) is 5.12. The van der Waals surface area contributed by atoms with Crippen molar-refractivity contribution in [1.29, 1.82) is 0 Å². The fraction of sp³-hybridized carbons (Fsp3) is 0.333. The molecule has 1 atom stereocenters. The highest BCUT2D eigenvalue weighted by atomic mass is 16.5. The minimum absolute atomic E-state index is 0.158. The van der Waals surface area contributed by atoms with E-state index in [0.717, 1.165) is 41.9 Å². The average molecular weight is 350 g/mol. The maximum atomic E-state index is 12.8. The van der Waals surface area contributed by atoms with E-state index in [-0.39, 0.29) is 17.7 Å². The van der Waals surface area contributed by atoms with Crippen molar-refractivity contribution in [3.63, 3.8) is 0 Å². The van der Waals surface area contributed by atoms with Crippen LogP contribution < -0.4 is 15.0 Å². The number of carbonyl (C=O) groups excluding carboxylic acids is 2. The zero-order chi connectivity index (χ0) is 18.3. The number of para-hydroxylation sites is 1. The van der Waals surface area contributed by atoms with Gasteiger partial charge >= 0.3 is 0 Å². The van der Waals surface area contributed by atoms with Crippen LogP contribution in [0.25, 0.3) is 0 Å². The summed E-state index contributed by atoms with van der Waals surface area (Å²) < 4.78 is 5.56. The molecular weight excluding hydrogens is 328 g/mol. The van der Waals surface area contributed by atoms with E-state index in [9.17, 15) is 9.59 Å². The van der Waals surface area contributed by atoms with E-state index >= 15 is 0 Å². The Morgan fingerprint density at radius 3 is 2.92 bits per heavy atom. The molecule has 26 heavy (non-hydrogen) atoms. The van der Waals surface area contributed by atoms with Crippen LogP contribution in [0.3, 0.4) is 0 Å². The molecule has 134 valence electrons. The van der Waals surface area contributed by atoms with Gasteiger partial charge in [-0.3, -0.25) is 9.59 Å². The number of nitrogens with one attached hydrogen (secondary N) is 1. The second-order valence-electron chi connectivity index (χ2n) is 6.77. The number of amides is 2. The molecule has 0 saturated heterocycles. The highest BCUT2D eigenvalue weighted by Gasteiger charge is 2.38. The van der Waals surface area contributed by atoms with E-state index in [1.165, 1.54) is 0 Å². The van der Waals surface area contributed by atoms with Crippen molar-refractivity contribution in [2.24, 2.45) is 0 Å². The molecule has 0 bridgehead atoms. The lowest BCUT2D eigenvalue weighted by atomic mass is 9.96. The van der Waals surface area contributed by atoms with Crippen LogP contribution >= 0.6 is 0 Å². The first-order valence-electron chi connectivity index (χ1n) is 9.11. The van der Waals surface area contributed by atoms with Gasteiger partial charge < -0.3 is 15.0 Å². The molecule has 2 aliphatic heterocycles. The average Bonchev–Trinajstić information content (AvgIpc) is 2.89. The second-order valence-corrected chi connectivity index (χ2v) is 6.77. The lowest BCUT2D eigenvalue weighted by Crippen LogP contribution is -2.32. The number of benzene rings is 2. The lowest BCUT2D eigenvalue weighted by Gasteiger charge is -2.26. The fourth-order valence-corrected chi connectivity index (χ4v) is 3.90. The van der Waals surface area contributed by atoms with Crippen LogP contribution in [-0.2, 0) is 11.2 Å². The van der Waals surface area contributed by atoms with E-state index < -0.39 is 0 Å². The molecule has 0 fully saturated rings. The Bertz CT molecular complexity index is 891. The summed E-state index contributed by atoms with van der Waals surface area (Å²) in [5, 5.41) is 2.99. The van der Waals surface area contributed by atoms with Crippen molar-refractivity contribution >= 4 is 23.2 Å². The summed E-state index contributed by atoms with van der Waals surface area (Å²) in [4.78, 5) is 27.1. The van der Waals surface area contributed by atoms with Crippen LogP contribution in [0.4, 0.5) is 11.4 Å². The Kier molecular flexibility index (Phi) is 4.15. The first-order chi connectivity index (χ1) is 12.6. The quantitative estimate of drug-likeness (QED) is 0.914. The van der Waals surface area contributed by atoms with E-state index in [4.69, 9.17) is 4.74 Å². The van der Waals surface area contributed by atoms with Gasteiger partial charge in [0.15, 0.2) is 0 Å². The van der Waals surface area contributed by atoms with Gasteiger partial charge in [-0.25, -0.2) is 0 Å². The van der Waals surface area contributed by atoms with Crippen LogP contribution in [0.5, 0.6) is 5.75 Å². The monoisotopic (exact) mass is 350 g/mol. The smallest absolute Gasteiger partial charge is 0.259 e. The molecule has 0 spiro atoms. The molecule has 2 aliphatic rings. The summed E-state index contributed by atoms with van der Waals surface area (Å²) in [6, 6.07) is 11.2. The minimum atomic E-state index is -0.203. The van der Waals surface area contributed by atoms with E-state index in [0.29, 0.717) is 17.9 Å². The van der Waals surface area contributed by atoms with Crippen LogP contribution in [0, 0.1) is 0 Å². The molecule has 4 rings (SSSR count). The molecular formula is C21H22N2O3. The van der Waals surface area contributed by atoms with Crippen molar-refractivity contribution in [3.8, 4) is 5.75 Å². The van der Waals surface area contributed by atoms with Gasteiger partial charge in [0.1, 0.15) is 5.75 Å². The van der Waals surface area contributed by atoms with Crippen LogP contribution in [0.1, 0.15) is 47.7 Å². The van der Waals surface area contributed by atoms with Gasteiger partial charge in [-0.1, -0.05) is 12.1 Å². The van der Waals surface area contributed by atoms with Crippen molar-refractivity contribution in [1.82, 2.24) is 0 Å². The van der Waals surface area contributed by atoms with Gasteiger partial charge in [-0.15, -0.1) is 0 Å². The zero-order valence-corrected chi connectivity index (χ0v) is 15.0. The molecule has 5 heteroatoms. The van der Waals surface area contributed by atoms with E-state index in [1.807, 2.05) is 43.0 Å². The number of aryl methyl sites for hydroxylation is 1. The zero-order valence-electron chi connectivity index (χ0n) is 15.0. The molecule has 5 nitrogen and oxygen atoms in total. The topological polar surface area (TPSA) is 58.6 Å². The summed E-state index contributed by atoms with van der Waals surface area (Å²) in [5.41, 5.74) is 4.45. The fourth-order valence-electron chi connectivity index (χ4n) is 3.90. The number of nitrogens with zero attached hydrogens (tertiary/aromatic N) is 1. The van der Waals surface area contributed by atoms with Crippen molar-refractivity contribution in [2.75, 3.05) is 23.4 Å². The maximum absolute atomic E-state index is 12.8. The van der Waals surface area contributed by atoms with E-state index in [2.05, 4.69) is 5.32 Å². The Morgan fingerprint density at radius 1 is 1.31 bits per heavy atom. The predicted octanol–water partition coefficient (Wildman–Crippen LogP) is 3.73. The predicted molar refractivity (Wildman–Crippen MR) is 101 cm³/mol. The molecule has 0 aromatic heterocycles. The Labute approximate surface area is 153 Å². The van der Waals surface area contributed by atoms with Crippen LogP contribution in [-0.4, -0.2) is 25.0 Å². The third-order valence-electron chi connectivity index (χ3n) is 5.11. The minimum Gasteiger partial charge on any atom is -0.493 e. The van der Waals surface area contributed by atoms with Crippen molar-refractivity contribution in [3.05, 3.63) is 53.1 Å². The summed E-state index contributed by atoms with van der Waals surface area (Å²) >= 11 is 0. The Balaban J connectivity index is 1.67. The van der Waals surface area contributed by atoms with Gasteiger partial charge in [0.25, 0.3) is 5.91 Å². The number of carbonyl (C=O) groups is 2. The molecule has 0 saturated carbocycles. The normalized spacial score (nSPS) is 17.8. The highest BCUT2D eigenvalue weighted by Crippen LogP contribution is 2.44. The van der Waals surface area contributed by atoms with Crippen molar-refractivity contribution < 1.29 is 14.3 Å². The SMILES string of the molecule is CCOc1ccccc1C(=O)Nc1cc2c3c(c1)[C@@H](C)C(=O)N3CCC2. The molecule has 2 amide bonds. The molecule has 2 heterocycles. The van der Waals surface area contributed by atoms with Crippen LogP contribution in [0.2, 0.25) is 0 Å². The first-order valence-corrected chi connectivity index (χ1v) is 9.11. The number of anilines is 2. The number of ether oxygens (including phenoxy) is 1. The summed E-state index contributed by atoms with van der Waals surface area (Å²) in [6.07, 6.45) is 1.88. The van der Waals surface area contributed by atoms with Gasteiger partial charge in [0.2, 0.25) is 5.91 Å². The number of rotatable bonds is 4. The molecule has 2 aromatic rings. The molecule has 0 unspecified atom stereocenters. The molecule has 2 aromatic carbocycles. The summed E-state index contributed by atoms with van der Waals surface area (Å²) in [7, 11) is 0. The Hall–Kier alpha value is -2.82. The van der Waals surface area contributed by atoms with Gasteiger partial charge in [0, 0.05) is 12.2 Å². The number of hydrogen-bond acceptors (Lipinski definition) is 3. The van der Waals surface area contributed by atoms with Gasteiger partial charge in [-0.05, 0) is 62.1 Å². The second kappa shape index (κ2) is 6.48. The summed E-state index contributed by atoms with van der Waals surface area (Å²) in [5.74, 6) is 0.371. The largest absolute Gasteiger partial charge is 0.493 e. The maximum Gasteiger partial charge on any atom is 0.259 e. The van der Waals surface area contributed by atoms with Crippen LogP contribution in [0.15, 0.2) is 36.4 Å². The number of hydrogen-bond donors (Lipinski definition) is 1. The lowest BCUT2D eigenvalue weighted by molar-refractivity contribution is -0.119.